The topological polar surface area (TPSA) is 42.0 Å². The van der Waals surface area contributed by atoms with E-state index in [0.717, 1.165) is 34.0 Å². The van der Waals surface area contributed by atoms with Gasteiger partial charge < -0.3 is 5.32 Å². The van der Waals surface area contributed by atoms with Crippen LogP contribution >= 0.6 is 11.3 Å². The number of thiazole rings is 1. The van der Waals surface area contributed by atoms with Crippen LogP contribution in [0.1, 0.15) is 60.4 Å². The molecular weight excluding hydrogens is 328 g/mol. The first-order valence-electron chi connectivity index (χ1n) is 9.44. The highest BCUT2D eigenvalue weighted by atomic mass is 32.1. The van der Waals surface area contributed by atoms with Gasteiger partial charge in [-0.15, -0.1) is 11.3 Å². The Morgan fingerprint density at radius 1 is 1.08 bits per heavy atom. The molecule has 0 saturated heterocycles. The Morgan fingerprint density at radius 2 is 1.72 bits per heavy atom. The number of nitrogens with zero attached hydrogens (tertiary/aromatic N) is 1. The van der Waals surface area contributed by atoms with Crippen LogP contribution in [0.25, 0.3) is 11.3 Å². The van der Waals surface area contributed by atoms with Crippen LogP contribution in [0.5, 0.6) is 0 Å². The van der Waals surface area contributed by atoms with Gasteiger partial charge >= 0.3 is 0 Å². The summed E-state index contributed by atoms with van der Waals surface area (Å²) in [5.74, 6) is 0.141. The molecule has 3 rings (SSSR count). The Bertz CT molecular complexity index is 697. The van der Waals surface area contributed by atoms with Crippen LogP contribution in [-0.4, -0.2) is 16.9 Å². The standard InChI is InChI=1S/C21H28N2OS/c1-15-10-12-17(13-11-15)21-19(25-16(2)22-21)14-20(24)23-18-8-6-4-3-5-7-9-18/h10-13,18H,3-9,14H2,1-2H3,(H,23,24). The summed E-state index contributed by atoms with van der Waals surface area (Å²) in [6.45, 7) is 4.10. The predicted octanol–water partition coefficient (Wildman–Crippen LogP) is 5.20. The summed E-state index contributed by atoms with van der Waals surface area (Å²) in [5.41, 5.74) is 3.30. The number of nitrogens with one attached hydrogen (secondary N) is 1. The lowest BCUT2D eigenvalue weighted by Crippen LogP contribution is -2.36. The predicted molar refractivity (Wildman–Crippen MR) is 105 cm³/mol. The maximum Gasteiger partial charge on any atom is 0.225 e. The molecule has 1 aromatic carbocycles. The number of aromatic nitrogens is 1. The quantitative estimate of drug-likeness (QED) is 0.818. The summed E-state index contributed by atoms with van der Waals surface area (Å²) in [7, 11) is 0. The van der Waals surface area contributed by atoms with Crippen LogP contribution in [0.4, 0.5) is 0 Å². The van der Waals surface area contributed by atoms with Gasteiger partial charge in [-0.1, -0.05) is 61.9 Å². The summed E-state index contributed by atoms with van der Waals surface area (Å²) in [6.07, 6.45) is 9.11. The van der Waals surface area contributed by atoms with Gasteiger partial charge in [-0.05, 0) is 26.7 Å². The molecule has 1 N–H and O–H groups in total. The maximum absolute atomic E-state index is 12.6. The summed E-state index contributed by atoms with van der Waals surface area (Å²) >= 11 is 1.64. The molecule has 25 heavy (non-hydrogen) atoms. The lowest BCUT2D eigenvalue weighted by Gasteiger charge is -2.21. The SMILES string of the molecule is Cc1ccc(-c2nc(C)sc2CC(=O)NC2CCCCCCC2)cc1. The molecule has 0 aliphatic heterocycles. The van der Waals surface area contributed by atoms with Crippen molar-refractivity contribution in [2.75, 3.05) is 0 Å². The first-order valence-corrected chi connectivity index (χ1v) is 10.3. The van der Waals surface area contributed by atoms with Crippen molar-refractivity contribution in [2.24, 2.45) is 0 Å². The van der Waals surface area contributed by atoms with Gasteiger partial charge in [-0.25, -0.2) is 4.98 Å². The van der Waals surface area contributed by atoms with E-state index in [2.05, 4.69) is 41.5 Å². The van der Waals surface area contributed by atoms with Gasteiger partial charge in [-0.2, -0.15) is 0 Å². The van der Waals surface area contributed by atoms with Crippen molar-refractivity contribution in [1.29, 1.82) is 0 Å². The molecule has 0 unspecified atom stereocenters. The molecule has 3 nitrogen and oxygen atoms in total. The number of carbonyl (C=O) groups is 1. The highest BCUT2D eigenvalue weighted by Crippen LogP contribution is 2.29. The number of aryl methyl sites for hydroxylation is 2. The van der Waals surface area contributed by atoms with Crippen LogP contribution in [-0.2, 0) is 11.2 Å². The fourth-order valence-corrected chi connectivity index (χ4v) is 4.51. The van der Waals surface area contributed by atoms with Crippen LogP contribution in [0.3, 0.4) is 0 Å². The van der Waals surface area contributed by atoms with Crippen molar-refractivity contribution in [3.8, 4) is 11.3 Å². The van der Waals surface area contributed by atoms with E-state index in [9.17, 15) is 4.79 Å². The zero-order chi connectivity index (χ0) is 17.6. The molecule has 1 heterocycles. The van der Waals surface area contributed by atoms with Gasteiger partial charge in [0.1, 0.15) is 0 Å². The molecule has 1 amide bonds. The normalized spacial score (nSPS) is 16.2. The van der Waals surface area contributed by atoms with Crippen molar-refractivity contribution < 1.29 is 4.79 Å². The number of amides is 1. The first-order chi connectivity index (χ1) is 12.1. The molecule has 0 spiro atoms. The zero-order valence-corrected chi connectivity index (χ0v) is 16.1. The van der Waals surface area contributed by atoms with E-state index < -0.39 is 0 Å². The number of benzene rings is 1. The van der Waals surface area contributed by atoms with Crippen LogP contribution in [0, 0.1) is 13.8 Å². The Morgan fingerprint density at radius 3 is 2.40 bits per heavy atom. The third-order valence-electron chi connectivity index (χ3n) is 4.92. The van der Waals surface area contributed by atoms with E-state index in [0.29, 0.717) is 12.5 Å². The van der Waals surface area contributed by atoms with Gasteiger partial charge in [0.25, 0.3) is 0 Å². The number of hydrogen-bond acceptors (Lipinski definition) is 3. The van der Waals surface area contributed by atoms with Crippen molar-refractivity contribution in [3.63, 3.8) is 0 Å². The molecule has 1 aliphatic carbocycles. The smallest absolute Gasteiger partial charge is 0.225 e. The average Bonchev–Trinajstić information content (AvgIpc) is 2.91. The number of rotatable bonds is 4. The maximum atomic E-state index is 12.6. The Balaban J connectivity index is 1.67. The lowest BCUT2D eigenvalue weighted by atomic mass is 9.96. The lowest BCUT2D eigenvalue weighted by molar-refractivity contribution is -0.121. The molecule has 1 saturated carbocycles. The van der Waals surface area contributed by atoms with Gasteiger partial charge in [0, 0.05) is 16.5 Å². The minimum Gasteiger partial charge on any atom is -0.353 e. The highest BCUT2D eigenvalue weighted by Gasteiger charge is 2.18. The Labute approximate surface area is 154 Å². The molecule has 4 heteroatoms. The highest BCUT2D eigenvalue weighted by molar-refractivity contribution is 7.12. The summed E-state index contributed by atoms with van der Waals surface area (Å²) in [5, 5.41) is 4.29. The van der Waals surface area contributed by atoms with E-state index in [4.69, 9.17) is 0 Å². The third-order valence-corrected chi connectivity index (χ3v) is 5.89. The molecule has 0 atom stereocenters. The minimum absolute atomic E-state index is 0.141. The largest absolute Gasteiger partial charge is 0.353 e. The van der Waals surface area contributed by atoms with Crippen molar-refractivity contribution >= 4 is 17.2 Å². The van der Waals surface area contributed by atoms with Gasteiger partial charge in [0.2, 0.25) is 5.91 Å². The molecule has 2 aromatic rings. The minimum atomic E-state index is 0.141. The van der Waals surface area contributed by atoms with E-state index in [1.165, 1.54) is 37.7 Å². The number of carbonyl (C=O) groups excluding carboxylic acids is 1. The molecule has 134 valence electrons. The second-order valence-corrected chi connectivity index (χ2v) is 8.44. The fraction of sp³-hybridized carbons (Fsp3) is 0.524. The van der Waals surface area contributed by atoms with Crippen LogP contribution in [0.2, 0.25) is 0 Å². The van der Waals surface area contributed by atoms with E-state index in [1.54, 1.807) is 11.3 Å². The summed E-state index contributed by atoms with van der Waals surface area (Å²) < 4.78 is 0. The average molecular weight is 357 g/mol. The second-order valence-electron chi connectivity index (χ2n) is 7.16. The van der Waals surface area contributed by atoms with Crippen LogP contribution in [0.15, 0.2) is 24.3 Å². The molecule has 0 radical (unpaired) electrons. The first kappa shape index (κ1) is 18.1. The molecule has 1 fully saturated rings. The molecule has 1 aromatic heterocycles. The zero-order valence-electron chi connectivity index (χ0n) is 15.3. The summed E-state index contributed by atoms with van der Waals surface area (Å²) in [4.78, 5) is 18.3. The number of hydrogen-bond donors (Lipinski definition) is 1. The van der Waals surface area contributed by atoms with E-state index in [1.807, 2.05) is 6.92 Å². The van der Waals surface area contributed by atoms with Gasteiger partial charge in [0.15, 0.2) is 0 Å². The summed E-state index contributed by atoms with van der Waals surface area (Å²) in [6, 6.07) is 8.75. The van der Waals surface area contributed by atoms with Crippen molar-refractivity contribution in [2.45, 2.75) is 71.3 Å². The van der Waals surface area contributed by atoms with Crippen molar-refractivity contribution in [3.05, 3.63) is 39.7 Å². The monoisotopic (exact) mass is 356 g/mol. The second kappa shape index (κ2) is 8.61. The Hall–Kier alpha value is -1.68. The Kier molecular flexibility index (Phi) is 6.24. The molecule has 1 aliphatic rings. The van der Waals surface area contributed by atoms with Crippen molar-refractivity contribution in [1.82, 2.24) is 10.3 Å². The third kappa shape index (κ3) is 5.15. The van der Waals surface area contributed by atoms with E-state index >= 15 is 0 Å². The molecular formula is C21H28N2OS. The van der Waals surface area contributed by atoms with E-state index in [-0.39, 0.29) is 5.91 Å². The fourth-order valence-electron chi connectivity index (χ4n) is 3.55. The molecule has 0 bridgehead atoms. The van der Waals surface area contributed by atoms with Gasteiger partial charge in [0.05, 0.1) is 17.1 Å². The van der Waals surface area contributed by atoms with Crippen LogP contribution < -0.4 is 5.32 Å². The van der Waals surface area contributed by atoms with Gasteiger partial charge in [-0.3, -0.25) is 4.79 Å².